The first-order valence-electron chi connectivity index (χ1n) is 7.59. The van der Waals surface area contributed by atoms with Crippen molar-refractivity contribution in [3.63, 3.8) is 0 Å². The van der Waals surface area contributed by atoms with Crippen LogP contribution in [0.2, 0.25) is 0 Å². The zero-order chi connectivity index (χ0) is 15.1. The normalized spacial score (nSPS) is 23.5. The van der Waals surface area contributed by atoms with Crippen LogP contribution in [0.4, 0.5) is 11.8 Å². The predicted molar refractivity (Wildman–Crippen MR) is 87.9 cm³/mol. The molecule has 2 heterocycles. The van der Waals surface area contributed by atoms with Gasteiger partial charge in [-0.05, 0) is 42.6 Å². The standard InChI is InChI=1S/C15H23BrN4O/c1-14(2)9-20(10-15(21-14)6-4-5-7-15)13-18-8-11(16)12(17-3)19-13/h8H,4-7,9-10H2,1-3H3,(H,17,18,19). The predicted octanol–water partition coefficient (Wildman–Crippen LogP) is 3.21. The molecule has 6 heteroatoms. The Bertz CT molecular complexity index is 528. The van der Waals surface area contributed by atoms with E-state index in [1.54, 1.807) is 0 Å². The molecule has 5 nitrogen and oxygen atoms in total. The number of nitrogens with zero attached hydrogens (tertiary/aromatic N) is 3. The van der Waals surface area contributed by atoms with Crippen LogP contribution in [-0.4, -0.2) is 41.3 Å². The van der Waals surface area contributed by atoms with Gasteiger partial charge in [0.2, 0.25) is 5.95 Å². The average Bonchev–Trinajstić information content (AvgIpc) is 2.84. The van der Waals surface area contributed by atoms with E-state index < -0.39 is 0 Å². The van der Waals surface area contributed by atoms with E-state index in [9.17, 15) is 0 Å². The second-order valence-corrected chi connectivity index (χ2v) is 7.58. The number of hydrogen-bond donors (Lipinski definition) is 1. The highest BCUT2D eigenvalue weighted by Gasteiger charge is 2.46. The molecule has 0 aromatic carbocycles. The van der Waals surface area contributed by atoms with Gasteiger partial charge in [0.1, 0.15) is 5.82 Å². The highest BCUT2D eigenvalue weighted by atomic mass is 79.9. The molecule has 0 radical (unpaired) electrons. The van der Waals surface area contributed by atoms with Crippen LogP contribution in [0, 0.1) is 0 Å². The summed E-state index contributed by atoms with van der Waals surface area (Å²) < 4.78 is 7.32. The molecule has 1 aliphatic carbocycles. The van der Waals surface area contributed by atoms with Gasteiger partial charge in [-0.15, -0.1) is 0 Å². The lowest BCUT2D eigenvalue weighted by Crippen LogP contribution is -2.59. The summed E-state index contributed by atoms with van der Waals surface area (Å²) in [5.74, 6) is 1.61. The minimum Gasteiger partial charge on any atom is -0.372 e. The summed E-state index contributed by atoms with van der Waals surface area (Å²) in [5, 5.41) is 3.10. The van der Waals surface area contributed by atoms with Gasteiger partial charge in [-0.3, -0.25) is 0 Å². The SMILES string of the molecule is CNc1nc(N2CC(C)(C)OC3(CCCC3)C2)ncc1Br. The molecule has 1 aromatic heterocycles. The Hall–Kier alpha value is -0.880. The molecule has 2 aliphatic rings. The van der Waals surface area contributed by atoms with Crippen molar-refractivity contribution in [2.75, 3.05) is 30.4 Å². The van der Waals surface area contributed by atoms with E-state index in [1.165, 1.54) is 12.8 Å². The first-order valence-corrected chi connectivity index (χ1v) is 8.38. The molecule has 0 unspecified atom stereocenters. The number of hydrogen-bond acceptors (Lipinski definition) is 5. The number of nitrogens with one attached hydrogen (secondary N) is 1. The summed E-state index contributed by atoms with van der Waals surface area (Å²) in [6, 6.07) is 0. The Kier molecular flexibility index (Phi) is 3.86. The van der Waals surface area contributed by atoms with Crippen LogP contribution in [0.3, 0.4) is 0 Å². The van der Waals surface area contributed by atoms with Crippen LogP contribution in [-0.2, 0) is 4.74 Å². The van der Waals surface area contributed by atoms with Crippen molar-refractivity contribution in [2.24, 2.45) is 0 Å². The van der Waals surface area contributed by atoms with Crippen LogP contribution in [0.15, 0.2) is 10.7 Å². The first kappa shape index (κ1) is 15.0. The summed E-state index contributed by atoms with van der Waals surface area (Å²) >= 11 is 3.47. The van der Waals surface area contributed by atoms with Gasteiger partial charge in [0, 0.05) is 19.8 Å². The Morgan fingerprint density at radius 3 is 2.67 bits per heavy atom. The molecule has 0 bridgehead atoms. The van der Waals surface area contributed by atoms with Crippen LogP contribution in [0.5, 0.6) is 0 Å². The zero-order valence-electron chi connectivity index (χ0n) is 12.9. The Morgan fingerprint density at radius 1 is 1.29 bits per heavy atom. The molecule has 3 rings (SSSR count). The van der Waals surface area contributed by atoms with Crippen LogP contribution < -0.4 is 10.2 Å². The molecular weight excluding hydrogens is 332 g/mol. The van der Waals surface area contributed by atoms with Gasteiger partial charge in [-0.25, -0.2) is 4.98 Å². The third kappa shape index (κ3) is 3.01. The molecule has 21 heavy (non-hydrogen) atoms. The smallest absolute Gasteiger partial charge is 0.227 e. The molecule has 1 saturated carbocycles. The molecule has 1 spiro atoms. The van der Waals surface area contributed by atoms with Crippen LogP contribution >= 0.6 is 15.9 Å². The van der Waals surface area contributed by atoms with E-state index in [0.29, 0.717) is 0 Å². The van der Waals surface area contributed by atoms with Crippen molar-refractivity contribution in [3.05, 3.63) is 10.7 Å². The monoisotopic (exact) mass is 354 g/mol. The quantitative estimate of drug-likeness (QED) is 0.883. The second-order valence-electron chi connectivity index (χ2n) is 6.72. The fraction of sp³-hybridized carbons (Fsp3) is 0.733. The third-order valence-electron chi connectivity index (χ3n) is 4.31. The van der Waals surface area contributed by atoms with Gasteiger partial charge in [0.05, 0.1) is 22.2 Å². The van der Waals surface area contributed by atoms with E-state index in [-0.39, 0.29) is 11.2 Å². The van der Waals surface area contributed by atoms with E-state index in [4.69, 9.17) is 4.74 Å². The van der Waals surface area contributed by atoms with E-state index in [2.05, 4.69) is 50.0 Å². The van der Waals surface area contributed by atoms with Crippen LogP contribution in [0.25, 0.3) is 0 Å². The molecule has 1 saturated heterocycles. The number of anilines is 2. The number of rotatable bonds is 2. The fourth-order valence-corrected chi connectivity index (χ4v) is 4.01. The van der Waals surface area contributed by atoms with E-state index in [1.807, 2.05) is 13.2 Å². The summed E-state index contributed by atoms with van der Waals surface area (Å²) in [6.07, 6.45) is 6.61. The van der Waals surface area contributed by atoms with Crippen molar-refractivity contribution in [3.8, 4) is 0 Å². The minimum atomic E-state index is -0.168. The Morgan fingerprint density at radius 2 is 2.00 bits per heavy atom. The maximum absolute atomic E-state index is 6.43. The molecule has 1 aliphatic heterocycles. The van der Waals surface area contributed by atoms with Crippen LogP contribution in [0.1, 0.15) is 39.5 Å². The highest BCUT2D eigenvalue weighted by molar-refractivity contribution is 9.10. The third-order valence-corrected chi connectivity index (χ3v) is 4.89. The number of aromatic nitrogens is 2. The van der Waals surface area contributed by atoms with Crippen molar-refractivity contribution in [2.45, 2.75) is 50.7 Å². The van der Waals surface area contributed by atoms with Crippen molar-refractivity contribution in [1.29, 1.82) is 0 Å². The van der Waals surface area contributed by atoms with Crippen molar-refractivity contribution >= 4 is 27.7 Å². The maximum atomic E-state index is 6.43. The van der Waals surface area contributed by atoms with Gasteiger partial charge >= 0.3 is 0 Å². The lowest BCUT2D eigenvalue weighted by Gasteiger charge is -2.48. The minimum absolute atomic E-state index is 0.0159. The molecule has 0 amide bonds. The fourth-order valence-electron chi connectivity index (χ4n) is 3.62. The average molecular weight is 355 g/mol. The molecule has 1 aromatic rings. The number of halogens is 1. The number of ether oxygens (including phenoxy) is 1. The van der Waals surface area contributed by atoms with Gasteiger partial charge in [-0.1, -0.05) is 12.8 Å². The Balaban J connectivity index is 1.90. The summed E-state index contributed by atoms with van der Waals surface area (Å²) in [7, 11) is 1.87. The van der Waals surface area contributed by atoms with Crippen molar-refractivity contribution < 1.29 is 4.74 Å². The van der Waals surface area contributed by atoms with Gasteiger partial charge in [0.25, 0.3) is 0 Å². The lowest BCUT2D eigenvalue weighted by atomic mass is 9.94. The lowest BCUT2D eigenvalue weighted by molar-refractivity contribution is -0.148. The van der Waals surface area contributed by atoms with Crippen molar-refractivity contribution in [1.82, 2.24) is 9.97 Å². The zero-order valence-corrected chi connectivity index (χ0v) is 14.5. The second kappa shape index (κ2) is 5.39. The molecule has 0 atom stereocenters. The molecule has 116 valence electrons. The Labute approximate surface area is 134 Å². The first-order chi connectivity index (χ1) is 9.93. The van der Waals surface area contributed by atoms with Gasteiger partial charge in [-0.2, -0.15) is 4.98 Å². The maximum Gasteiger partial charge on any atom is 0.227 e. The van der Waals surface area contributed by atoms with Gasteiger partial charge in [0.15, 0.2) is 0 Å². The van der Waals surface area contributed by atoms with E-state index in [0.717, 1.165) is 42.2 Å². The molecule has 1 N–H and O–H groups in total. The topological polar surface area (TPSA) is 50.3 Å². The summed E-state index contributed by atoms with van der Waals surface area (Å²) in [5.41, 5.74) is -0.184. The number of morpholine rings is 1. The highest BCUT2D eigenvalue weighted by Crippen LogP contribution is 2.41. The van der Waals surface area contributed by atoms with E-state index >= 15 is 0 Å². The summed E-state index contributed by atoms with van der Waals surface area (Å²) in [4.78, 5) is 11.4. The molecular formula is C15H23BrN4O. The summed E-state index contributed by atoms with van der Waals surface area (Å²) in [6.45, 7) is 6.04. The largest absolute Gasteiger partial charge is 0.372 e. The molecule has 2 fully saturated rings. The van der Waals surface area contributed by atoms with Gasteiger partial charge < -0.3 is 15.0 Å².